The number of hydrogen-bond acceptors (Lipinski definition) is 4. The van der Waals surface area contributed by atoms with Crippen molar-refractivity contribution in [3.63, 3.8) is 0 Å². The van der Waals surface area contributed by atoms with Gasteiger partial charge in [-0.1, -0.05) is 34.1 Å². The Morgan fingerprint density at radius 1 is 1.04 bits per heavy atom. The highest BCUT2D eigenvalue weighted by atomic mass is 79.9. The van der Waals surface area contributed by atoms with Gasteiger partial charge < -0.3 is 4.42 Å². The van der Waals surface area contributed by atoms with Crippen LogP contribution in [-0.4, -0.2) is 22.1 Å². The van der Waals surface area contributed by atoms with Gasteiger partial charge in [0.15, 0.2) is 0 Å². The van der Waals surface area contributed by atoms with Gasteiger partial charge in [-0.05, 0) is 37.4 Å². The van der Waals surface area contributed by atoms with E-state index in [1.807, 2.05) is 42.3 Å². The molecule has 0 spiro atoms. The largest absolute Gasteiger partial charge is 0.419 e. The standard InChI is InChI=1S/C17H15BrFN3O/c1-22(10-13-4-2-3-5-15(13)19)11-16-20-21-17(23-16)12-6-8-14(18)9-7-12/h2-9H,10-11H2,1H3. The Morgan fingerprint density at radius 2 is 1.78 bits per heavy atom. The molecular formula is C17H15BrFN3O. The fourth-order valence-corrected chi connectivity index (χ4v) is 2.50. The predicted octanol–water partition coefficient (Wildman–Crippen LogP) is 4.27. The summed E-state index contributed by atoms with van der Waals surface area (Å²) in [6, 6.07) is 14.4. The van der Waals surface area contributed by atoms with Gasteiger partial charge in [-0.15, -0.1) is 10.2 Å². The van der Waals surface area contributed by atoms with Crippen LogP contribution in [0.15, 0.2) is 57.4 Å². The molecule has 3 aromatic rings. The second-order valence-electron chi connectivity index (χ2n) is 5.27. The lowest BCUT2D eigenvalue weighted by Crippen LogP contribution is -2.18. The maximum Gasteiger partial charge on any atom is 0.247 e. The Hall–Kier alpha value is -2.05. The van der Waals surface area contributed by atoms with Crippen LogP contribution in [0.3, 0.4) is 0 Å². The van der Waals surface area contributed by atoms with E-state index in [1.165, 1.54) is 6.07 Å². The van der Waals surface area contributed by atoms with Crippen molar-refractivity contribution in [3.8, 4) is 11.5 Å². The van der Waals surface area contributed by atoms with E-state index in [4.69, 9.17) is 4.42 Å². The topological polar surface area (TPSA) is 42.2 Å². The zero-order chi connectivity index (χ0) is 16.2. The molecule has 0 amide bonds. The van der Waals surface area contributed by atoms with Gasteiger partial charge in [0, 0.05) is 22.1 Å². The van der Waals surface area contributed by atoms with Crippen molar-refractivity contribution in [2.45, 2.75) is 13.1 Å². The molecule has 0 saturated carbocycles. The van der Waals surface area contributed by atoms with Gasteiger partial charge in [-0.2, -0.15) is 0 Å². The average molecular weight is 376 g/mol. The summed E-state index contributed by atoms with van der Waals surface area (Å²) in [5, 5.41) is 8.12. The Kier molecular flexibility index (Phi) is 4.83. The number of halogens is 2. The molecule has 6 heteroatoms. The van der Waals surface area contributed by atoms with Crippen molar-refractivity contribution in [3.05, 3.63) is 70.3 Å². The van der Waals surface area contributed by atoms with Gasteiger partial charge in [0.1, 0.15) is 5.82 Å². The van der Waals surface area contributed by atoms with Gasteiger partial charge in [0.2, 0.25) is 11.8 Å². The van der Waals surface area contributed by atoms with Crippen LogP contribution in [0.25, 0.3) is 11.5 Å². The van der Waals surface area contributed by atoms with Crippen LogP contribution in [0.2, 0.25) is 0 Å². The van der Waals surface area contributed by atoms with E-state index in [0.29, 0.717) is 30.4 Å². The minimum atomic E-state index is -0.208. The van der Waals surface area contributed by atoms with Crippen molar-refractivity contribution < 1.29 is 8.81 Å². The smallest absolute Gasteiger partial charge is 0.247 e. The maximum atomic E-state index is 13.7. The molecule has 1 aromatic heterocycles. The Balaban J connectivity index is 1.67. The summed E-state index contributed by atoms with van der Waals surface area (Å²) in [5.74, 6) is 0.772. The molecule has 0 aliphatic carbocycles. The van der Waals surface area contributed by atoms with Crippen LogP contribution in [-0.2, 0) is 13.1 Å². The first-order valence-electron chi connectivity index (χ1n) is 7.12. The summed E-state index contributed by atoms with van der Waals surface area (Å²) in [6.45, 7) is 0.931. The first-order valence-corrected chi connectivity index (χ1v) is 7.91. The van der Waals surface area contributed by atoms with Gasteiger partial charge >= 0.3 is 0 Å². The van der Waals surface area contributed by atoms with Gasteiger partial charge in [-0.3, -0.25) is 4.90 Å². The van der Waals surface area contributed by atoms with E-state index in [0.717, 1.165) is 10.0 Å². The van der Waals surface area contributed by atoms with Crippen LogP contribution in [0.1, 0.15) is 11.5 Å². The Bertz CT molecular complexity index is 789. The minimum absolute atomic E-state index is 0.208. The van der Waals surface area contributed by atoms with Crippen molar-refractivity contribution in [2.75, 3.05) is 7.05 Å². The van der Waals surface area contributed by atoms with Crippen molar-refractivity contribution in [1.82, 2.24) is 15.1 Å². The normalized spacial score (nSPS) is 11.1. The fourth-order valence-electron chi connectivity index (χ4n) is 2.23. The first-order chi connectivity index (χ1) is 11.1. The highest BCUT2D eigenvalue weighted by Crippen LogP contribution is 2.21. The average Bonchev–Trinajstić information content (AvgIpc) is 2.98. The molecule has 0 N–H and O–H groups in total. The van der Waals surface area contributed by atoms with Gasteiger partial charge in [-0.25, -0.2) is 4.39 Å². The number of benzene rings is 2. The van der Waals surface area contributed by atoms with E-state index in [2.05, 4.69) is 26.1 Å². The highest BCUT2D eigenvalue weighted by molar-refractivity contribution is 9.10. The number of rotatable bonds is 5. The summed E-state index contributed by atoms with van der Waals surface area (Å²) >= 11 is 3.39. The molecule has 23 heavy (non-hydrogen) atoms. The number of hydrogen-bond donors (Lipinski definition) is 0. The molecule has 0 atom stereocenters. The molecule has 0 unspecified atom stereocenters. The van der Waals surface area contributed by atoms with Crippen molar-refractivity contribution in [1.29, 1.82) is 0 Å². The lowest BCUT2D eigenvalue weighted by molar-refractivity contribution is 0.279. The molecule has 2 aromatic carbocycles. The molecule has 0 radical (unpaired) electrons. The van der Waals surface area contributed by atoms with Crippen molar-refractivity contribution in [2.24, 2.45) is 0 Å². The first kappa shape index (κ1) is 15.8. The summed E-state index contributed by atoms with van der Waals surface area (Å²) < 4.78 is 20.3. The molecule has 4 nitrogen and oxygen atoms in total. The second-order valence-corrected chi connectivity index (χ2v) is 6.19. The SMILES string of the molecule is CN(Cc1nnc(-c2ccc(Br)cc2)o1)Cc1ccccc1F. The van der Waals surface area contributed by atoms with E-state index in [9.17, 15) is 4.39 Å². The summed E-state index contributed by atoms with van der Waals surface area (Å²) in [5.41, 5.74) is 1.51. The van der Waals surface area contributed by atoms with Crippen molar-refractivity contribution >= 4 is 15.9 Å². The van der Waals surface area contributed by atoms with Gasteiger partial charge in [0.25, 0.3) is 0 Å². The molecule has 0 bridgehead atoms. The molecule has 0 aliphatic rings. The molecule has 1 heterocycles. The van der Waals surface area contributed by atoms with Crippen LogP contribution >= 0.6 is 15.9 Å². The maximum absolute atomic E-state index is 13.7. The van der Waals surface area contributed by atoms with E-state index in [-0.39, 0.29) is 5.82 Å². The Labute approximate surface area is 142 Å². The van der Waals surface area contributed by atoms with Crippen LogP contribution in [0.5, 0.6) is 0 Å². The monoisotopic (exact) mass is 375 g/mol. The molecule has 0 saturated heterocycles. The molecular weight excluding hydrogens is 361 g/mol. The third kappa shape index (κ3) is 4.03. The predicted molar refractivity (Wildman–Crippen MR) is 89.0 cm³/mol. The summed E-state index contributed by atoms with van der Waals surface area (Å²) in [6.07, 6.45) is 0. The molecule has 3 rings (SSSR count). The van der Waals surface area contributed by atoms with Crippen LogP contribution < -0.4 is 0 Å². The lowest BCUT2D eigenvalue weighted by atomic mass is 10.2. The second kappa shape index (κ2) is 7.02. The number of nitrogens with zero attached hydrogens (tertiary/aromatic N) is 3. The zero-order valence-electron chi connectivity index (χ0n) is 12.5. The Morgan fingerprint density at radius 3 is 2.52 bits per heavy atom. The third-order valence-electron chi connectivity index (χ3n) is 3.36. The van der Waals surface area contributed by atoms with Gasteiger partial charge in [0.05, 0.1) is 6.54 Å². The third-order valence-corrected chi connectivity index (χ3v) is 3.89. The van der Waals surface area contributed by atoms with E-state index in [1.54, 1.807) is 12.1 Å². The summed E-state index contributed by atoms with van der Waals surface area (Å²) in [4.78, 5) is 1.93. The summed E-state index contributed by atoms with van der Waals surface area (Å²) in [7, 11) is 1.88. The van der Waals surface area contributed by atoms with Crippen LogP contribution in [0.4, 0.5) is 4.39 Å². The molecule has 0 fully saturated rings. The van der Waals surface area contributed by atoms with E-state index < -0.39 is 0 Å². The zero-order valence-corrected chi connectivity index (χ0v) is 14.1. The lowest BCUT2D eigenvalue weighted by Gasteiger charge is -2.14. The molecule has 0 aliphatic heterocycles. The number of aromatic nitrogens is 2. The highest BCUT2D eigenvalue weighted by Gasteiger charge is 2.12. The fraction of sp³-hybridized carbons (Fsp3) is 0.176. The molecule has 118 valence electrons. The minimum Gasteiger partial charge on any atom is -0.419 e. The van der Waals surface area contributed by atoms with E-state index >= 15 is 0 Å². The quantitative estimate of drug-likeness (QED) is 0.667. The van der Waals surface area contributed by atoms with Crippen LogP contribution in [0, 0.1) is 5.82 Å².